The third-order valence-corrected chi connectivity index (χ3v) is 3.20. The van der Waals surface area contributed by atoms with Gasteiger partial charge in [0.2, 0.25) is 0 Å². The molecule has 0 saturated heterocycles. The van der Waals surface area contributed by atoms with E-state index >= 15 is 0 Å². The minimum absolute atomic E-state index is 0.0868. The monoisotopic (exact) mass is 355 g/mol. The molecule has 0 bridgehead atoms. The fourth-order valence-electron chi connectivity index (χ4n) is 1.50. The van der Waals surface area contributed by atoms with Gasteiger partial charge < -0.3 is 15.2 Å². The maximum absolute atomic E-state index is 11.9. The van der Waals surface area contributed by atoms with Gasteiger partial charge in [-0.15, -0.1) is 0 Å². The van der Waals surface area contributed by atoms with Gasteiger partial charge in [-0.3, -0.25) is 0 Å². The van der Waals surface area contributed by atoms with E-state index < -0.39 is 19.6 Å². The van der Waals surface area contributed by atoms with Crippen LogP contribution in [0.2, 0.25) is 0 Å². The van der Waals surface area contributed by atoms with Crippen LogP contribution in [-0.2, 0) is 11.2 Å². The molecule has 7 heteroatoms. The van der Waals surface area contributed by atoms with E-state index in [9.17, 15) is 13.2 Å². The van der Waals surface area contributed by atoms with E-state index in [-0.39, 0.29) is 6.04 Å². The molecule has 0 fully saturated rings. The third-order valence-electron chi connectivity index (χ3n) is 2.58. The maximum atomic E-state index is 11.9. The van der Waals surface area contributed by atoms with E-state index in [4.69, 9.17) is 10.5 Å². The van der Waals surface area contributed by atoms with Crippen molar-refractivity contribution in [3.63, 3.8) is 0 Å². The summed E-state index contributed by atoms with van der Waals surface area (Å²) in [5.41, 5.74) is 6.90. The smallest absolute Gasteiger partial charge is 0.411 e. The van der Waals surface area contributed by atoms with Gasteiger partial charge in [-0.05, 0) is 46.5 Å². The number of rotatable bonds is 7. The molecule has 1 rings (SSSR count). The van der Waals surface area contributed by atoms with Crippen LogP contribution < -0.4 is 10.5 Å². The molecule has 1 unspecified atom stereocenters. The van der Waals surface area contributed by atoms with Crippen molar-refractivity contribution in [3.05, 3.63) is 28.2 Å². The molecule has 0 heterocycles. The van der Waals surface area contributed by atoms with Crippen molar-refractivity contribution in [1.29, 1.82) is 0 Å². The van der Waals surface area contributed by atoms with Crippen LogP contribution in [0.15, 0.2) is 22.7 Å². The first-order valence-electron chi connectivity index (χ1n) is 6.13. The van der Waals surface area contributed by atoms with Crippen molar-refractivity contribution in [2.24, 2.45) is 5.73 Å². The Labute approximate surface area is 124 Å². The summed E-state index contributed by atoms with van der Waals surface area (Å²) in [6.45, 7) is 0.231. The molecular weight excluding hydrogens is 339 g/mol. The highest BCUT2D eigenvalue weighted by Crippen LogP contribution is 2.26. The molecule has 0 aliphatic rings. The van der Waals surface area contributed by atoms with E-state index in [2.05, 4.69) is 20.7 Å². The first-order chi connectivity index (χ1) is 9.31. The highest BCUT2D eigenvalue weighted by atomic mass is 79.9. The molecule has 20 heavy (non-hydrogen) atoms. The van der Waals surface area contributed by atoms with E-state index in [0.717, 1.165) is 18.4 Å². The normalized spacial score (nSPS) is 13.3. The molecule has 3 nitrogen and oxygen atoms in total. The zero-order chi connectivity index (χ0) is 15.2. The summed E-state index contributed by atoms with van der Waals surface area (Å²) in [7, 11) is 0. The number of hydrogen-bond donors (Lipinski definition) is 1. The first kappa shape index (κ1) is 17.3. The molecule has 1 aromatic carbocycles. The molecule has 1 atom stereocenters. The van der Waals surface area contributed by atoms with Crippen molar-refractivity contribution in [2.75, 3.05) is 13.4 Å². The molecular formula is C13H17BrF3NO2. The minimum Gasteiger partial charge on any atom is -0.466 e. The molecule has 0 amide bonds. The lowest BCUT2D eigenvalue weighted by molar-refractivity contribution is -0.186. The zero-order valence-electron chi connectivity index (χ0n) is 11.0. The number of nitrogens with two attached hydrogens (primary N) is 1. The second-order valence-electron chi connectivity index (χ2n) is 4.36. The quantitative estimate of drug-likeness (QED) is 0.599. The fraction of sp³-hybridized carbons (Fsp3) is 0.538. The lowest BCUT2D eigenvalue weighted by atomic mass is 10.0. The van der Waals surface area contributed by atoms with Crippen LogP contribution in [0.25, 0.3) is 0 Å². The van der Waals surface area contributed by atoms with E-state index in [1.165, 1.54) is 0 Å². The van der Waals surface area contributed by atoms with Crippen LogP contribution in [0.5, 0.6) is 5.75 Å². The third kappa shape index (κ3) is 6.58. The molecule has 0 radical (unpaired) electrons. The van der Waals surface area contributed by atoms with Crippen LogP contribution in [-0.4, -0.2) is 25.6 Å². The molecule has 0 aliphatic heterocycles. The van der Waals surface area contributed by atoms with Crippen molar-refractivity contribution in [3.8, 4) is 5.75 Å². The predicted octanol–water partition coefficient (Wildman–Crippen LogP) is 3.64. The van der Waals surface area contributed by atoms with E-state index in [1.54, 1.807) is 6.07 Å². The van der Waals surface area contributed by atoms with E-state index in [1.807, 2.05) is 19.1 Å². The van der Waals surface area contributed by atoms with Crippen LogP contribution in [0.3, 0.4) is 0 Å². The van der Waals surface area contributed by atoms with Gasteiger partial charge in [0.1, 0.15) is 12.4 Å². The van der Waals surface area contributed by atoms with Crippen LogP contribution in [0.4, 0.5) is 13.2 Å². The van der Waals surface area contributed by atoms with Crippen molar-refractivity contribution in [2.45, 2.75) is 32.0 Å². The van der Waals surface area contributed by atoms with Crippen LogP contribution >= 0.6 is 15.9 Å². The average molecular weight is 356 g/mol. The van der Waals surface area contributed by atoms with Gasteiger partial charge in [0, 0.05) is 6.04 Å². The number of benzene rings is 1. The van der Waals surface area contributed by atoms with Gasteiger partial charge in [0.25, 0.3) is 0 Å². The summed E-state index contributed by atoms with van der Waals surface area (Å²) in [5, 5.41) is 0. The molecule has 114 valence electrons. The molecule has 1 aromatic rings. The van der Waals surface area contributed by atoms with Gasteiger partial charge in [-0.1, -0.05) is 13.0 Å². The Kier molecular flexibility index (Phi) is 6.78. The number of halogens is 4. The Hall–Kier alpha value is -0.790. The SMILES string of the molecule is CCC(N)Cc1ccc(OCOCC(F)(F)F)c(Br)c1. The van der Waals surface area contributed by atoms with Crippen molar-refractivity contribution in [1.82, 2.24) is 0 Å². The molecule has 0 aliphatic carbocycles. The lowest BCUT2D eigenvalue weighted by Gasteiger charge is -2.13. The van der Waals surface area contributed by atoms with Gasteiger partial charge in [0.15, 0.2) is 6.79 Å². The summed E-state index contributed by atoms with van der Waals surface area (Å²) >= 11 is 3.31. The standard InChI is InChI=1S/C13H17BrF3NO2/c1-2-10(18)5-9-3-4-12(11(14)6-9)20-8-19-7-13(15,16)17/h3-4,6,10H,2,5,7-8,18H2,1H3. The number of alkyl halides is 3. The summed E-state index contributed by atoms with van der Waals surface area (Å²) in [6, 6.07) is 5.44. The Morgan fingerprint density at radius 1 is 1.35 bits per heavy atom. The largest absolute Gasteiger partial charge is 0.466 e. The maximum Gasteiger partial charge on any atom is 0.411 e. The summed E-state index contributed by atoms with van der Waals surface area (Å²) in [4.78, 5) is 0. The predicted molar refractivity (Wildman–Crippen MR) is 73.6 cm³/mol. The summed E-state index contributed by atoms with van der Waals surface area (Å²) in [6.07, 6.45) is -2.73. The molecule has 0 spiro atoms. The Balaban J connectivity index is 2.47. The van der Waals surface area contributed by atoms with Gasteiger partial charge in [-0.2, -0.15) is 13.2 Å². The van der Waals surface area contributed by atoms with Crippen molar-refractivity contribution >= 4 is 15.9 Å². The Bertz CT molecular complexity index is 427. The minimum atomic E-state index is -4.35. The average Bonchev–Trinajstić information content (AvgIpc) is 2.35. The number of ether oxygens (including phenoxy) is 2. The lowest BCUT2D eigenvalue weighted by Crippen LogP contribution is -2.21. The Morgan fingerprint density at radius 3 is 2.60 bits per heavy atom. The second-order valence-corrected chi connectivity index (χ2v) is 5.22. The summed E-state index contributed by atoms with van der Waals surface area (Å²) in [5.74, 6) is 0.431. The molecule has 2 N–H and O–H groups in total. The summed E-state index contributed by atoms with van der Waals surface area (Å²) < 4.78 is 45.8. The fourth-order valence-corrected chi connectivity index (χ4v) is 2.04. The van der Waals surface area contributed by atoms with E-state index in [0.29, 0.717) is 10.2 Å². The molecule has 0 saturated carbocycles. The Morgan fingerprint density at radius 2 is 2.05 bits per heavy atom. The number of hydrogen-bond acceptors (Lipinski definition) is 3. The first-order valence-corrected chi connectivity index (χ1v) is 6.92. The topological polar surface area (TPSA) is 44.5 Å². The van der Waals surface area contributed by atoms with Gasteiger partial charge in [-0.25, -0.2) is 0 Å². The van der Waals surface area contributed by atoms with Crippen molar-refractivity contribution < 1.29 is 22.6 Å². The van der Waals surface area contributed by atoms with Gasteiger partial charge >= 0.3 is 6.18 Å². The van der Waals surface area contributed by atoms with Crippen LogP contribution in [0, 0.1) is 0 Å². The highest BCUT2D eigenvalue weighted by Gasteiger charge is 2.27. The molecule has 0 aromatic heterocycles. The van der Waals surface area contributed by atoms with Gasteiger partial charge in [0.05, 0.1) is 4.47 Å². The van der Waals surface area contributed by atoms with Crippen LogP contribution in [0.1, 0.15) is 18.9 Å². The zero-order valence-corrected chi connectivity index (χ0v) is 12.6. The highest BCUT2D eigenvalue weighted by molar-refractivity contribution is 9.10. The second kappa shape index (κ2) is 7.85.